The minimum atomic E-state index is -1.43. The minimum absolute atomic E-state index is 0.101. The number of pyridine rings is 1. The van der Waals surface area contributed by atoms with E-state index in [9.17, 15) is 24.6 Å². The van der Waals surface area contributed by atoms with Crippen molar-refractivity contribution < 1.29 is 34.1 Å². The highest BCUT2D eigenvalue weighted by Crippen LogP contribution is 2.46. The Morgan fingerprint density at radius 2 is 1.78 bits per heavy atom. The van der Waals surface area contributed by atoms with Crippen LogP contribution in [-0.2, 0) is 14.4 Å². The van der Waals surface area contributed by atoms with Gasteiger partial charge in [-0.3, -0.25) is 14.9 Å². The molecule has 3 aromatic rings. The van der Waals surface area contributed by atoms with Crippen LogP contribution in [0.25, 0.3) is 22.2 Å². The lowest BCUT2D eigenvalue weighted by atomic mass is 9.84. The molecule has 3 aliphatic carbocycles. The SMILES string of the molecule is C=C[C@@H]1C[C@]1(NC(=O)[C@@H]1C[C@@H](Oc2cc(-c3ccccc3)nc3cc(OC)ccc23)C[C@H]1C(O)N[C@H](C(=O)NC1CCCC1)C(C)(C)C)C(=O)O. The Bertz CT molecular complexity index is 1770. The molecular weight excluding hydrogens is 648 g/mol. The van der Waals surface area contributed by atoms with Gasteiger partial charge in [-0.05, 0) is 49.7 Å². The number of nitrogens with zero attached hydrogens (tertiary/aromatic N) is 1. The summed E-state index contributed by atoms with van der Waals surface area (Å²) in [6.45, 7) is 9.55. The van der Waals surface area contributed by atoms with Crippen LogP contribution in [0.2, 0.25) is 0 Å². The van der Waals surface area contributed by atoms with Gasteiger partial charge in [0.05, 0.1) is 30.5 Å². The first-order chi connectivity index (χ1) is 24.3. The Labute approximate surface area is 299 Å². The van der Waals surface area contributed by atoms with Gasteiger partial charge in [-0.1, -0.05) is 70.0 Å². The number of hydrogen-bond donors (Lipinski definition) is 5. The van der Waals surface area contributed by atoms with E-state index in [1.807, 2.05) is 75.4 Å². The Morgan fingerprint density at radius 1 is 1.06 bits per heavy atom. The van der Waals surface area contributed by atoms with Gasteiger partial charge in [0.15, 0.2) is 0 Å². The Hall–Kier alpha value is -4.48. The molecule has 0 spiro atoms. The third kappa shape index (κ3) is 7.74. The number of aliphatic carboxylic acids is 1. The molecule has 0 saturated heterocycles. The van der Waals surface area contributed by atoms with Crippen molar-refractivity contribution in [1.82, 2.24) is 20.9 Å². The molecule has 3 fully saturated rings. The highest BCUT2D eigenvalue weighted by Gasteiger charge is 2.61. The highest BCUT2D eigenvalue weighted by molar-refractivity contribution is 5.92. The minimum Gasteiger partial charge on any atom is -0.497 e. The molecule has 5 N–H and O–H groups in total. The fourth-order valence-electron chi connectivity index (χ4n) is 7.80. The van der Waals surface area contributed by atoms with Crippen molar-refractivity contribution in [3.8, 4) is 22.8 Å². The largest absolute Gasteiger partial charge is 0.497 e. The number of aliphatic hydroxyl groups is 1. The average molecular weight is 699 g/mol. The van der Waals surface area contributed by atoms with Crippen LogP contribution in [0.5, 0.6) is 11.5 Å². The number of carboxylic acid groups (broad SMARTS) is 1. The average Bonchev–Trinajstić information content (AvgIpc) is 3.37. The predicted octanol–water partition coefficient (Wildman–Crippen LogP) is 5.21. The molecule has 3 saturated carbocycles. The Balaban J connectivity index is 1.30. The number of hydrogen-bond acceptors (Lipinski definition) is 8. The van der Waals surface area contributed by atoms with Crippen LogP contribution >= 0.6 is 0 Å². The zero-order valence-corrected chi connectivity index (χ0v) is 29.9. The van der Waals surface area contributed by atoms with Crippen molar-refractivity contribution in [2.24, 2.45) is 23.2 Å². The van der Waals surface area contributed by atoms with Crippen molar-refractivity contribution in [3.05, 3.63) is 67.3 Å². The van der Waals surface area contributed by atoms with Gasteiger partial charge in [-0.25, -0.2) is 9.78 Å². The monoisotopic (exact) mass is 698 g/mol. The van der Waals surface area contributed by atoms with Gasteiger partial charge in [-0.2, -0.15) is 0 Å². The summed E-state index contributed by atoms with van der Waals surface area (Å²) in [6, 6.07) is 16.5. The molecule has 11 nitrogen and oxygen atoms in total. The van der Waals surface area contributed by atoms with Crippen molar-refractivity contribution in [3.63, 3.8) is 0 Å². The van der Waals surface area contributed by atoms with Crippen LogP contribution in [-0.4, -0.2) is 70.0 Å². The number of carbonyl (C=O) groups is 3. The van der Waals surface area contributed by atoms with Gasteiger partial charge < -0.3 is 30.3 Å². The first kappa shape index (κ1) is 36.3. The van der Waals surface area contributed by atoms with E-state index in [1.54, 1.807) is 13.2 Å². The summed E-state index contributed by atoms with van der Waals surface area (Å²) in [5, 5.41) is 31.8. The van der Waals surface area contributed by atoms with Gasteiger partial charge in [-0.15, -0.1) is 6.58 Å². The fraction of sp³-hybridized carbons (Fsp3) is 0.500. The molecule has 1 unspecified atom stereocenters. The van der Waals surface area contributed by atoms with Crippen LogP contribution in [0, 0.1) is 23.2 Å². The molecule has 0 aliphatic heterocycles. The first-order valence-electron chi connectivity index (χ1n) is 18.0. The molecule has 6 rings (SSSR count). The van der Waals surface area contributed by atoms with Crippen LogP contribution < -0.4 is 25.4 Å². The molecule has 0 radical (unpaired) electrons. The van der Waals surface area contributed by atoms with Gasteiger partial charge in [0.2, 0.25) is 11.8 Å². The second-order valence-corrected chi connectivity index (χ2v) is 15.4. The van der Waals surface area contributed by atoms with Crippen molar-refractivity contribution in [2.75, 3.05) is 7.11 Å². The van der Waals surface area contributed by atoms with Crippen LogP contribution in [0.3, 0.4) is 0 Å². The smallest absolute Gasteiger partial charge is 0.330 e. The zero-order chi connectivity index (χ0) is 36.5. The maximum absolute atomic E-state index is 14.0. The summed E-state index contributed by atoms with van der Waals surface area (Å²) in [7, 11) is 1.60. The van der Waals surface area contributed by atoms with Crippen molar-refractivity contribution >= 4 is 28.7 Å². The summed E-state index contributed by atoms with van der Waals surface area (Å²) in [5.41, 5.74) is 0.286. The third-order valence-electron chi connectivity index (χ3n) is 10.8. The van der Waals surface area contributed by atoms with E-state index in [-0.39, 0.29) is 31.2 Å². The van der Waals surface area contributed by atoms with Gasteiger partial charge in [0.25, 0.3) is 0 Å². The normalized spacial score (nSPS) is 25.9. The maximum atomic E-state index is 14.0. The number of nitrogens with one attached hydrogen (secondary N) is 3. The molecule has 51 heavy (non-hydrogen) atoms. The van der Waals surface area contributed by atoms with E-state index >= 15 is 0 Å². The number of benzene rings is 2. The summed E-state index contributed by atoms with van der Waals surface area (Å²) >= 11 is 0. The molecule has 1 heterocycles. The van der Waals surface area contributed by atoms with E-state index in [1.165, 1.54) is 0 Å². The van der Waals surface area contributed by atoms with Gasteiger partial charge in [0, 0.05) is 46.9 Å². The highest BCUT2D eigenvalue weighted by atomic mass is 16.5. The topological polar surface area (TPSA) is 159 Å². The van der Waals surface area contributed by atoms with E-state index < -0.39 is 59.0 Å². The van der Waals surface area contributed by atoms with Crippen LogP contribution in [0.4, 0.5) is 0 Å². The van der Waals surface area contributed by atoms with Crippen LogP contribution in [0.1, 0.15) is 65.7 Å². The number of aromatic nitrogens is 1. The number of methoxy groups -OCH3 is 1. The number of rotatable bonds is 13. The van der Waals surface area contributed by atoms with Crippen LogP contribution in [0.15, 0.2) is 67.3 Å². The lowest BCUT2D eigenvalue weighted by Crippen LogP contribution is -2.58. The number of aliphatic hydroxyl groups excluding tert-OH is 1. The lowest BCUT2D eigenvalue weighted by Gasteiger charge is -2.35. The molecule has 2 aromatic carbocycles. The Morgan fingerprint density at radius 3 is 2.41 bits per heavy atom. The van der Waals surface area contributed by atoms with Crippen molar-refractivity contribution in [1.29, 1.82) is 0 Å². The van der Waals surface area contributed by atoms with Gasteiger partial charge >= 0.3 is 5.97 Å². The number of carboxylic acids is 1. The number of fused-ring (bicyclic) bond motifs is 1. The van der Waals surface area contributed by atoms with Crippen molar-refractivity contribution in [2.45, 2.75) is 95.7 Å². The van der Waals surface area contributed by atoms with E-state index in [0.29, 0.717) is 22.7 Å². The molecule has 11 heteroatoms. The summed E-state index contributed by atoms with van der Waals surface area (Å²) in [5.74, 6) is -2.46. The first-order valence-corrected chi connectivity index (χ1v) is 18.0. The van der Waals surface area contributed by atoms with E-state index in [2.05, 4.69) is 22.5 Å². The predicted molar refractivity (Wildman–Crippen MR) is 194 cm³/mol. The second-order valence-electron chi connectivity index (χ2n) is 15.4. The molecule has 3 aliphatic rings. The summed E-state index contributed by atoms with van der Waals surface area (Å²) < 4.78 is 12.2. The van der Waals surface area contributed by atoms with Gasteiger partial charge in [0.1, 0.15) is 23.3 Å². The van der Waals surface area contributed by atoms with E-state index in [0.717, 1.165) is 36.6 Å². The molecule has 2 amide bonds. The summed E-state index contributed by atoms with van der Waals surface area (Å²) in [4.78, 5) is 44.8. The number of amides is 2. The molecule has 0 bridgehead atoms. The molecule has 272 valence electrons. The van der Waals surface area contributed by atoms with E-state index in [4.69, 9.17) is 14.5 Å². The Kier molecular flexibility index (Phi) is 10.4. The quantitative estimate of drug-likeness (QED) is 0.119. The number of carbonyl (C=O) groups excluding carboxylic acids is 2. The molecule has 1 aromatic heterocycles. The fourth-order valence-corrected chi connectivity index (χ4v) is 7.80. The standard InChI is InChI=1S/C40H50N4O7/c1-6-24-22-40(24,38(48)49)44-36(46)30-19-27(18-29(30)35(45)43-34(39(2,3)4)37(47)41-25-14-10-11-15-25)51-33-21-31(23-12-8-7-9-13-23)42-32-20-26(50-5)16-17-28(32)33/h6-9,12-13,16-17,20-21,24-25,27,29-30,34-35,43,45H,1,10-11,14-15,18-19,22H2,2-5H3,(H,41,47)(H,44,46)(H,48,49)/t24-,27+,29-,30-,34-,35?,40-/m1/s1. The summed E-state index contributed by atoms with van der Waals surface area (Å²) in [6.07, 6.45) is 4.50. The lowest BCUT2D eigenvalue weighted by molar-refractivity contribution is -0.145. The number of ether oxygens (including phenoxy) is 2. The zero-order valence-electron chi connectivity index (χ0n) is 29.9. The molecule has 7 atom stereocenters. The second kappa shape index (κ2) is 14.6. The molecular formula is C40H50N4O7. The maximum Gasteiger partial charge on any atom is 0.330 e. The third-order valence-corrected chi connectivity index (χ3v) is 10.8.